The van der Waals surface area contributed by atoms with Gasteiger partial charge in [-0.1, -0.05) is 53.9 Å². The van der Waals surface area contributed by atoms with Gasteiger partial charge in [0.15, 0.2) is 0 Å². The number of carbonyl (C=O) groups excluding carboxylic acids is 1. The van der Waals surface area contributed by atoms with E-state index in [9.17, 15) is 4.79 Å². The molecule has 1 aliphatic rings. The first-order valence-corrected chi connectivity index (χ1v) is 10.0. The van der Waals surface area contributed by atoms with Gasteiger partial charge in [-0.25, -0.2) is 4.99 Å². The number of thioether (sulfide) groups is 2. The Labute approximate surface area is 156 Å². The van der Waals surface area contributed by atoms with Crippen LogP contribution < -0.4 is 10.1 Å². The molecule has 0 radical (unpaired) electrons. The first-order chi connectivity index (χ1) is 12.2. The highest BCUT2D eigenvalue weighted by Crippen LogP contribution is 2.34. The van der Waals surface area contributed by atoms with Crippen molar-refractivity contribution < 1.29 is 9.53 Å². The van der Waals surface area contributed by atoms with Gasteiger partial charge in [0.1, 0.15) is 10.1 Å². The third-order valence-corrected chi connectivity index (χ3v) is 6.02. The van der Waals surface area contributed by atoms with Gasteiger partial charge >= 0.3 is 0 Å². The number of nitrogens with one attached hydrogen (secondary N) is 1. The summed E-state index contributed by atoms with van der Waals surface area (Å²) in [7, 11) is 1.65. The molecule has 0 unspecified atom stereocenters. The first kappa shape index (κ1) is 17.9. The van der Waals surface area contributed by atoms with Crippen LogP contribution in [0.2, 0.25) is 0 Å². The average Bonchev–Trinajstić information content (AvgIpc) is 2.67. The topological polar surface area (TPSA) is 50.7 Å². The summed E-state index contributed by atoms with van der Waals surface area (Å²) in [5.74, 6) is 2.20. The Morgan fingerprint density at radius 2 is 2.04 bits per heavy atom. The maximum Gasteiger partial charge on any atom is 0.230 e. The van der Waals surface area contributed by atoms with Crippen molar-refractivity contribution in [3.05, 3.63) is 59.7 Å². The number of amides is 1. The van der Waals surface area contributed by atoms with Gasteiger partial charge in [0.25, 0.3) is 0 Å². The summed E-state index contributed by atoms with van der Waals surface area (Å²) in [6.45, 7) is 0.633. The average molecular weight is 373 g/mol. The lowest BCUT2D eigenvalue weighted by Crippen LogP contribution is -2.27. The molecule has 130 valence electrons. The summed E-state index contributed by atoms with van der Waals surface area (Å²) in [5.41, 5.74) is 3.45. The number of nitrogens with zero attached hydrogens (tertiary/aromatic N) is 1. The fourth-order valence-corrected chi connectivity index (χ4v) is 4.30. The van der Waals surface area contributed by atoms with Crippen molar-refractivity contribution in [2.24, 2.45) is 4.99 Å². The van der Waals surface area contributed by atoms with Crippen LogP contribution in [-0.4, -0.2) is 29.7 Å². The van der Waals surface area contributed by atoms with E-state index in [-0.39, 0.29) is 5.91 Å². The Morgan fingerprint density at radius 3 is 2.84 bits per heavy atom. The summed E-state index contributed by atoms with van der Waals surface area (Å²) < 4.78 is 6.10. The zero-order valence-corrected chi connectivity index (χ0v) is 15.7. The number of para-hydroxylation sites is 1. The Morgan fingerprint density at radius 1 is 1.24 bits per heavy atom. The second kappa shape index (κ2) is 8.97. The van der Waals surface area contributed by atoms with E-state index in [4.69, 9.17) is 4.74 Å². The van der Waals surface area contributed by atoms with Crippen molar-refractivity contribution in [1.29, 1.82) is 0 Å². The summed E-state index contributed by atoms with van der Waals surface area (Å²) in [6, 6.07) is 16.0. The van der Waals surface area contributed by atoms with Crippen LogP contribution in [0.3, 0.4) is 0 Å². The van der Waals surface area contributed by atoms with Crippen molar-refractivity contribution in [3.63, 3.8) is 0 Å². The summed E-state index contributed by atoms with van der Waals surface area (Å²) in [5, 5.41) is 2.96. The van der Waals surface area contributed by atoms with E-state index >= 15 is 0 Å². The number of ether oxygens (including phenoxy) is 1. The van der Waals surface area contributed by atoms with Gasteiger partial charge in [0.05, 0.1) is 18.6 Å². The largest absolute Gasteiger partial charge is 0.497 e. The zero-order chi connectivity index (χ0) is 17.5. The molecule has 0 saturated heterocycles. The first-order valence-electron chi connectivity index (χ1n) is 8.06. The van der Waals surface area contributed by atoms with Gasteiger partial charge < -0.3 is 10.1 Å². The molecule has 0 fully saturated rings. The van der Waals surface area contributed by atoms with E-state index < -0.39 is 0 Å². The molecule has 2 aromatic rings. The maximum atomic E-state index is 12.0. The molecule has 6 heteroatoms. The summed E-state index contributed by atoms with van der Waals surface area (Å²) in [4.78, 5) is 16.6. The third-order valence-electron chi connectivity index (χ3n) is 3.78. The number of hydrogen-bond acceptors (Lipinski definition) is 5. The van der Waals surface area contributed by atoms with Crippen molar-refractivity contribution in [2.45, 2.75) is 12.2 Å². The minimum Gasteiger partial charge on any atom is -0.497 e. The highest BCUT2D eigenvalue weighted by atomic mass is 32.2. The Kier molecular flexibility index (Phi) is 6.42. The van der Waals surface area contributed by atoms with E-state index in [0.29, 0.717) is 12.3 Å². The molecule has 0 bridgehead atoms. The van der Waals surface area contributed by atoms with Crippen molar-refractivity contribution in [2.75, 3.05) is 19.4 Å². The van der Waals surface area contributed by atoms with Crippen LogP contribution in [0.25, 0.3) is 0 Å². The molecule has 1 N–H and O–H groups in total. The zero-order valence-electron chi connectivity index (χ0n) is 14.0. The second-order valence-corrected chi connectivity index (χ2v) is 7.72. The summed E-state index contributed by atoms with van der Waals surface area (Å²) in [6.07, 6.45) is 0.809. The van der Waals surface area contributed by atoms with Gasteiger partial charge in [0, 0.05) is 12.3 Å². The fraction of sp³-hybridized carbons (Fsp3) is 0.263. The van der Waals surface area contributed by atoms with Gasteiger partial charge in [-0.3, -0.25) is 4.79 Å². The number of methoxy groups -OCH3 is 1. The molecule has 0 aliphatic carbocycles. The van der Waals surface area contributed by atoms with E-state index in [1.165, 1.54) is 22.9 Å². The van der Waals surface area contributed by atoms with Gasteiger partial charge in [0.2, 0.25) is 5.91 Å². The minimum absolute atomic E-state index is 0.0423. The number of aliphatic imine (C=N–C) groups is 1. The number of carbonyl (C=O) groups is 1. The molecule has 0 atom stereocenters. The molecule has 1 heterocycles. The smallest absolute Gasteiger partial charge is 0.230 e. The molecular formula is C19H20N2O2S2. The number of benzene rings is 2. The monoisotopic (exact) mass is 372 g/mol. The van der Waals surface area contributed by atoms with E-state index in [1.54, 1.807) is 18.9 Å². The highest BCUT2D eigenvalue weighted by Gasteiger charge is 2.13. The van der Waals surface area contributed by atoms with Crippen LogP contribution in [-0.2, 0) is 17.0 Å². The van der Waals surface area contributed by atoms with Crippen LogP contribution in [0, 0.1) is 0 Å². The van der Waals surface area contributed by atoms with Gasteiger partial charge in [-0.2, -0.15) is 0 Å². The minimum atomic E-state index is 0.0423. The van der Waals surface area contributed by atoms with E-state index in [2.05, 4.69) is 16.4 Å². The molecule has 4 nitrogen and oxygen atoms in total. The molecule has 0 spiro atoms. The fourth-order valence-electron chi connectivity index (χ4n) is 2.40. The molecule has 25 heavy (non-hydrogen) atoms. The predicted octanol–water partition coefficient (Wildman–Crippen LogP) is 4.02. The lowest BCUT2D eigenvalue weighted by molar-refractivity contribution is -0.118. The molecule has 1 amide bonds. The van der Waals surface area contributed by atoms with Crippen molar-refractivity contribution >= 4 is 39.5 Å². The van der Waals surface area contributed by atoms with Crippen LogP contribution in [0.4, 0.5) is 5.69 Å². The molecule has 0 saturated carbocycles. The number of hydrogen-bond donors (Lipinski definition) is 1. The summed E-state index contributed by atoms with van der Waals surface area (Å²) >= 11 is 3.20. The van der Waals surface area contributed by atoms with E-state index in [1.807, 2.05) is 42.5 Å². The van der Waals surface area contributed by atoms with Crippen LogP contribution >= 0.6 is 23.5 Å². The van der Waals surface area contributed by atoms with Crippen molar-refractivity contribution in [1.82, 2.24) is 5.32 Å². The van der Waals surface area contributed by atoms with Gasteiger partial charge in [-0.15, -0.1) is 0 Å². The quantitative estimate of drug-likeness (QED) is 0.832. The molecular weight excluding hydrogens is 352 g/mol. The third kappa shape index (κ3) is 5.28. The molecule has 2 aromatic carbocycles. The predicted molar refractivity (Wildman–Crippen MR) is 107 cm³/mol. The van der Waals surface area contributed by atoms with Gasteiger partial charge in [-0.05, 0) is 35.7 Å². The lowest BCUT2D eigenvalue weighted by atomic mass is 10.1. The standard InChI is InChI=1S/C19H20N2O2S2/c1-23-16-8-6-14(7-9-16)10-11-20-18(22)13-25-19-21-17-5-3-2-4-15(17)12-24-19/h2-9H,10-13H2,1H3,(H,20,22). The number of rotatable bonds is 6. The second-order valence-electron chi connectivity index (χ2n) is 5.53. The maximum absolute atomic E-state index is 12.0. The normalized spacial score (nSPS) is 12.9. The molecule has 3 rings (SSSR count). The van der Waals surface area contributed by atoms with Crippen LogP contribution in [0.1, 0.15) is 11.1 Å². The lowest BCUT2D eigenvalue weighted by Gasteiger charge is -2.14. The van der Waals surface area contributed by atoms with E-state index in [0.717, 1.165) is 28.0 Å². The van der Waals surface area contributed by atoms with Crippen LogP contribution in [0.15, 0.2) is 53.5 Å². The SMILES string of the molecule is COc1ccc(CCNC(=O)CSC2=Nc3ccccc3CS2)cc1. The van der Waals surface area contributed by atoms with Crippen molar-refractivity contribution in [3.8, 4) is 5.75 Å². The molecule has 1 aliphatic heterocycles. The Balaban J connectivity index is 1.40. The Bertz CT molecular complexity index is 760. The molecule has 0 aromatic heterocycles. The number of fused-ring (bicyclic) bond motifs is 1. The highest BCUT2D eigenvalue weighted by molar-refractivity contribution is 8.38. The van der Waals surface area contributed by atoms with Crippen LogP contribution in [0.5, 0.6) is 5.75 Å². The Hall–Kier alpha value is -1.92.